The number of halogens is 2. The van der Waals surface area contributed by atoms with Crippen LogP contribution in [0.25, 0.3) is 0 Å². The highest BCUT2D eigenvalue weighted by Gasteiger charge is 2.14. The summed E-state index contributed by atoms with van der Waals surface area (Å²) in [6.07, 6.45) is 1.36. The maximum absolute atomic E-state index is 12.4. The topological polar surface area (TPSA) is 83.4 Å². The van der Waals surface area contributed by atoms with E-state index in [0.29, 0.717) is 27.2 Å². The Balaban J connectivity index is 2.13. The molecule has 1 amide bonds. The monoisotopic (exact) mass is 419 g/mol. The van der Waals surface area contributed by atoms with Crippen LogP contribution < -0.4 is 20.1 Å². The summed E-state index contributed by atoms with van der Waals surface area (Å²) in [7, 11) is 3.12. The average Bonchev–Trinajstić information content (AvgIpc) is 2.70. The molecule has 146 valence electrons. The van der Waals surface area contributed by atoms with Crippen LogP contribution >= 0.6 is 23.2 Å². The van der Waals surface area contributed by atoms with Gasteiger partial charge < -0.3 is 20.1 Å². The molecule has 28 heavy (non-hydrogen) atoms. The second-order valence-electron chi connectivity index (χ2n) is 5.75. The number of nitrogens with zero attached hydrogens (tertiary/aromatic N) is 1. The van der Waals surface area contributed by atoms with Crippen molar-refractivity contribution in [2.45, 2.75) is 13.0 Å². The van der Waals surface area contributed by atoms with Gasteiger partial charge in [0.25, 0.3) is 5.91 Å². The summed E-state index contributed by atoms with van der Waals surface area (Å²) in [4.78, 5) is 12.4. The fraction of sp³-hybridized carbons (Fsp3) is 0.200. The Labute approximate surface area is 173 Å². The van der Waals surface area contributed by atoms with Gasteiger partial charge in [-0.25, -0.2) is 0 Å². The second-order valence-corrected chi connectivity index (χ2v) is 6.59. The lowest BCUT2D eigenvalue weighted by Gasteiger charge is -2.15. The van der Waals surface area contributed by atoms with E-state index in [9.17, 15) is 10.1 Å². The predicted octanol–water partition coefficient (Wildman–Crippen LogP) is 4.71. The Hall–Kier alpha value is -2.88. The molecule has 0 saturated carbocycles. The Kier molecular flexibility index (Phi) is 7.56. The van der Waals surface area contributed by atoms with Crippen LogP contribution in [-0.4, -0.2) is 20.1 Å². The van der Waals surface area contributed by atoms with E-state index in [-0.39, 0.29) is 11.6 Å². The molecule has 0 saturated heterocycles. The van der Waals surface area contributed by atoms with Gasteiger partial charge in [-0.2, -0.15) is 5.26 Å². The Morgan fingerprint density at radius 1 is 1.14 bits per heavy atom. The summed E-state index contributed by atoms with van der Waals surface area (Å²) < 4.78 is 10.5. The number of carbonyl (C=O) groups excluding carboxylic acids is 1. The molecule has 0 bridgehead atoms. The van der Waals surface area contributed by atoms with E-state index >= 15 is 0 Å². The fourth-order valence-corrected chi connectivity index (χ4v) is 2.70. The van der Waals surface area contributed by atoms with Crippen molar-refractivity contribution in [1.29, 1.82) is 5.26 Å². The van der Waals surface area contributed by atoms with Crippen molar-refractivity contribution >= 4 is 34.8 Å². The third-order valence-corrected chi connectivity index (χ3v) is 4.49. The minimum Gasteiger partial charge on any atom is -0.493 e. The van der Waals surface area contributed by atoms with Gasteiger partial charge in [0, 0.05) is 17.3 Å². The molecule has 2 aromatic carbocycles. The molecule has 0 fully saturated rings. The maximum atomic E-state index is 12.4. The van der Waals surface area contributed by atoms with Crippen LogP contribution in [-0.2, 0) is 4.79 Å². The number of ether oxygens (including phenoxy) is 2. The first-order chi connectivity index (χ1) is 13.4. The average molecular weight is 420 g/mol. The zero-order valence-corrected chi connectivity index (χ0v) is 17.1. The van der Waals surface area contributed by atoms with E-state index in [1.807, 2.05) is 25.1 Å². The summed E-state index contributed by atoms with van der Waals surface area (Å²) in [5.41, 5.74) is 1.11. The van der Waals surface area contributed by atoms with Gasteiger partial charge >= 0.3 is 0 Å². The summed E-state index contributed by atoms with van der Waals surface area (Å²) in [5.74, 6) is 0.606. The number of benzene rings is 2. The van der Waals surface area contributed by atoms with Crippen molar-refractivity contribution in [3.05, 3.63) is 63.8 Å². The third kappa shape index (κ3) is 5.32. The highest BCUT2D eigenvalue weighted by atomic mass is 35.5. The van der Waals surface area contributed by atoms with E-state index < -0.39 is 5.91 Å². The zero-order valence-electron chi connectivity index (χ0n) is 15.5. The number of carbonyl (C=O) groups is 1. The molecule has 2 aromatic rings. The smallest absolute Gasteiger partial charge is 0.267 e. The molecule has 6 nitrogen and oxygen atoms in total. The first kappa shape index (κ1) is 21.4. The highest BCUT2D eigenvalue weighted by molar-refractivity contribution is 6.35. The Morgan fingerprint density at radius 3 is 2.50 bits per heavy atom. The molecule has 0 aromatic heterocycles. The number of methoxy groups -OCH3 is 2. The number of amides is 1. The molecule has 8 heteroatoms. The summed E-state index contributed by atoms with van der Waals surface area (Å²) in [6.45, 7) is 1.89. The Bertz CT molecular complexity index is 939. The van der Waals surface area contributed by atoms with Gasteiger partial charge in [0.2, 0.25) is 0 Å². The van der Waals surface area contributed by atoms with Crippen molar-refractivity contribution in [3.63, 3.8) is 0 Å². The van der Waals surface area contributed by atoms with Crippen LogP contribution in [0.15, 0.2) is 48.2 Å². The van der Waals surface area contributed by atoms with Crippen molar-refractivity contribution in [2.24, 2.45) is 0 Å². The SMILES string of the molecule is COc1ccc(C(C)N/C=C(/C#N)C(=O)Nc2cc(Cl)ccc2Cl)cc1OC. The van der Waals surface area contributed by atoms with Gasteiger partial charge in [-0.3, -0.25) is 4.79 Å². The molecule has 2 N–H and O–H groups in total. The van der Waals surface area contributed by atoms with E-state index in [0.717, 1.165) is 5.56 Å². The van der Waals surface area contributed by atoms with Crippen LogP contribution in [0.1, 0.15) is 18.5 Å². The molecular formula is C20H19Cl2N3O3. The molecule has 1 unspecified atom stereocenters. The quantitative estimate of drug-likeness (QED) is 0.501. The van der Waals surface area contributed by atoms with Gasteiger partial charge in [-0.15, -0.1) is 0 Å². The number of hydrogen-bond donors (Lipinski definition) is 2. The molecule has 0 aliphatic carbocycles. The Morgan fingerprint density at radius 2 is 1.86 bits per heavy atom. The predicted molar refractivity (Wildman–Crippen MR) is 110 cm³/mol. The summed E-state index contributed by atoms with van der Waals surface area (Å²) >= 11 is 11.9. The zero-order chi connectivity index (χ0) is 20.7. The van der Waals surface area contributed by atoms with Crippen molar-refractivity contribution in [1.82, 2.24) is 5.32 Å². The first-order valence-corrected chi connectivity index (χ1v) is 8.99. The van der Waals surface area contributed by atoms with Crippen molar-refractivity contribution in [3.8, 4) is 17.6 Å². The van der Waals surface area contributed by atoms with Gasteiger partial charge in [-0.1, -0.05) is 29.3 Å². The van der Waals surface area contributed by atoms with Gasteiger partial charge in [-0.05, 0) is 42.8 Å². The van der Waals surface area contributed by atoms with E-state index in [1.165, 1.54) is 12.3 Å². The number of anilines is 1. The molecule has 0 aliphatic rings. The lowest BCUT2D eigenvalue weighted by atomic mass is 10.1. The normalized spacial score (nSPS) is 11.9. The van der Waals surface area contributed by atoms with Gasteiger partial charge in [0.05, 0.1) is 24.9 Å². The summed E-state index contributed by atoms with van der Waals surface area (Å²) in [5, 5.41) is 15.7. The van der Waals surface area contributed by atoms with Crippen molar-refractivity contribution < 1.29 is 14.3 Å². The molecular weight excluding hydrogens is 401 g/mol. The standard InChI is InChI=1S/C20H19Cl2N3O3/c1-12(13-4-7-18(27-2)19(8-13)28-3)24-11-14(10-23)20(26)25-17-9-15(21)5-6-16(17)22/h4-9,11-12,24H,1-3H3,(H,25,26)/b14-11-. The van der Waals surface area contributed by atoms with Crippen LogP contribution in [0.3, 0.4) is 0 Å². The fourth-order valence-electron chi connectivity index (χ4n) is 2.36. The minimum absolute atomic E-state index is 0.108. The second kappa shape index (κ2) is 9.88. The maximum Gasteiger partial charge on any atom is 0.267 e. The van der Waals surface area contributed by atoms with Crippen LogP contribution in [0.5, 0.6) is 11.5 Å². The van der Waals surface area contributed by atoms with Crippen LogP contribution in [0.2, 0.25) is 10.0 Å². The molecule has 0 heterocycles. The highest BCUT2D eigenvalue weighted by Crippen LogP contribution is 2.30. The van der Waals surface area contributed by atoms with Crippen molar-refractivity contribution in [2.75, 3.05) is 19.5 Å². The van der Waals surface area contributed by atoms with E-state index in [4.69, 9.17) is 32.7 Å². The number of nitrogens with one attached hydrogen (secondary N) is 2. The molecule has 0 spiro atoms. The largest absolute Gasteiger partial charge is 0.493 e. The minimum atomic E-state index is -0.598. The molecule has 1 atom stereocenters. The lowest BCUT2D eigenvalue weighted by Crippen LogP contribution is -2.18. The number of rotatable bonds is 7. The number of nitriles is 1. The third-order valence-electron chi connectivity index (χ3n) is 3.93. The summed E-state index contributed by atoms with van der Waals surface area (Å²) in [6, 6.07) is 11.8. The van der Waals surface area contributed by atoms with Gasteiger partial charge in [0.15, 0.2) is 11.5 Å². The molecule has 0 aliphatic heterocycles. The molecule has 2 rings (SSSR count). The lowest BCUT2D eigenvalue weighted by molar-refractivity contribution is -0.112. The van der Waals surface area contributed by atoms with Gasteiger partial charge in [0.1, 0.15) is 11.6 Å². The van der Waals surface area contributed by atoms with Crippen LogP contribution in [0.4, 0.5) is 5.69 Å². The van der Waals surface area contributed by atoms with Crippen LogP contribution in [0, 0.1) is 11.3 Å². The van der Waals surface area contributed by atoms with E-state index in [1.54, 1.807) is 32.4 Å². The molecule has 0 radical (unpaired) electrons. The number of hydrogen-bond acceptors (Lipinski definition) is 5. The first-order valence-electron chi connectivity index (χ1n) is 8.24. The van der Waals surface area contributed by atoms with E-state index in [2.05, 4.69) is 10.6 Å².